The van der Waals surface area contributed by atoms with E-state index in [2.05, 4.69) is 23.9 Å². The summed E-state index contributed by atoms with van der Waals surface area (Å²) in [7, 11) is 1.84. The molecule has 0 fully saturated rings. The molecule has 0 amide bonds. The van der Waals surface area contributed by atoms with Crippen molar-refractivity contribution in [1.82, 2.24) is 14.8 Å². The van der Waals surface area contributed by atoms with Crippen LogP contribution < -0.4 is 0 Å². The van der Waals surface area contributed by atoms with Crippen LogP contribution in [-0.4, -0.2) is 26.0 Å². The highest BCUT2D eigenvalue weighted by Crippen LogP contribution is 2.09. The lowest BCUT2D eigenvalue weighted by molar-refractivity contribution is 0.153. The summed E-state index contributed by atoms with van der Waals surface area (Å²) < 4.78 is 1.71. The SMILES string of the molecule is CC(C)CCC(O)Cc1ncnn1C. The Bertz CT molecular complexity index is 270. The number of hydrogen-bond acceptors (Lipinski definition) is 3. The molecule has 4 nitrogen and oxygen atoms in total. The molecule has 14 heavy (non-hydrogen) atoms. The highest BCUT2D eigenvalue weighted by molar-refractivity contribution is 4.86. The number of aryl methyl sites for hydroxylation is 1. The molecule has 1 rings (SSSR count). The number of rotatable bonds is 5. The minimum absolute atomic E-state index is 0.291. The van der Waals surface area contributed by atoms with Gasteiger partial charge in [0.15, 0.2) is 0 Å². The van der Waals surface area contributed by atoms with Gasteiger partial charge in [0.05, 0.1) is 6.10 Å². The van der Waals surface area contributed by atoms with E-state index >= 15 is 0 Å². The zero-order chi connectivity index (χ0) is 10.6. The topological polar surface area (TPSA) is 50.9 Å². The molecule has 1 N–H and O–H groups in total. The maximum atomic E-state index is 9.71. The van der Waals surface area contributed by atoms with E-state index < -0.39 is 0 Å². The van der Waals surface area contributed by atoms with E-state index in [1.54, 1.807) is 4.68 Å². The molecule has 1 heterocycles. The van der Waals surface area contributed by atoms with Crippen LogP contribution in [-0.2, 0) is 13.5 Å². The molecular weight excluding hydrogens is 178 g/mol. The zero-order valence-corrected chi connectivity index (χ0v) is 9.14. The smallest absolute Gasteiger partial charge is 0.138 e. The summed E-state index contributed by atoms with van der Waals surface area (Å²) in [5.41, 5.74) is 0. The average Bonchev–Trinajstić information content (AvgIpc) is 2.49. The Labute approximate surface area is 85.0 Å². The van der Waals surface area contributed by atoms with Gasteiger partial charge in [0.25, 0.3) is 0 Å². The zero-order valence-electron chi connectivity index (χ0n) is 9.14. The third-order valence-electron chi connectivity index (χ3n) is 2.30. The third-order valence-corrected chi connectivity index (χ3v) is 2.30. The molecule has 80 valence electrons. The summed E-state index contributed by atoms with van der Waals surface area (Å²) in [6, 6.07) is 0. The number of hydrogen-bond donors (Lipinski definition) is 1. The predicted octanol–water partition coefficient (Wildman–Crippen LogP) is 1.15. The Kier molecular flexibility index (Phi) is 4.07. The Hall–Kier alpha value is -0.900. The highest BCUT2D eigenvalue weighted by atomic mass is 16.3. The van der Waals surface area contributed by atoms with E-state index in [0.717, 1.165) is 18.7 Å². The molecule has 0 aromatic carbocycles. The molecule has 4 heteroatoms. The minimum atomic E-state index is -0.291. The lowest BCUT2D eigenvalue weighted by Gasteiger charge is -2.11. The van der Waals surface area contributed by atoms with Gasteiger partial charge in [-0.05, 0) is 18.8 Å². The average molecular weight is 197 g/mol. The molecule has 1 aromatic rings. The molecule has 0 aliphatic heterocycles. The van der Waals surface area contributed by atoms with Gasteiger partial charge < -0.3 is 5.11 Å². The second kappa shape index (κ2) is 5.10. The van der Waals surface area contributed by atoms with Crippen LogP contribution in [0.3, 0.4) is 0 Å². The van der Waals surface area contributed by atoms with Gasteiger partial charge >= 0.3 is 0 Å². The Morgan fingerprint density at radius 2 is 2.14 bits per heavy atom. The van der Waals surface area contributed by atoms with Crippen molar-refractivity contribution in [2.75, 3.05) is 0 Å². The third kappa shape index (κ3) is 3.46. The second-order valence-electron chi connectivity index (χ2n) is 4.13. The van der Waals surface area contributed by atoms with E-state index in [-0.39, 0.29) is 6.10 Å². The van der Waals surface area contributed by atoms with Crippen LogP contribution in [0.2, 0.25) is 0 Å². The summed E-state index contributed by atoms with van der Waals surface area (Å²) in [5, 5.41) is 13.7. The fraction of sp³-hybridized carbons (Fsp3) is 0.800. The van der Waals surface area contributed by atoms with Gasteiger partial charge in [-0.15, -0.1) is 0 Å². The van der Waals surface area contributed by atoms with Gasteiger partial charge in [-0.1, -0.05) is 13.8 Å². The number of aliphatic hydroxyl groups excluding tert-OH is 1. The fourth-order valence-electron chi connectivity index (χ4n) is 1.34. The second-order valence-corrected chi connectivity index (χ2v) is 4.13. The van der Waals surface area contributed by atoms with Crippen LogP contribution in [0.1, 0.15) is 32.5 Å². The van der Waals surface area contributed by atoms with Crippen molar-refractivity contribution in [2.45, 2.75) is 39.2 Å². The van der Waals surface area contributed by atoms with Crippen LogP contribution in [0.15, 0.2) is 6.33 Å². The monoisotopic (exact) mass is 197 g/mol. The maximum absolute atomic E-state index is 9.71. The Balaban J connectivity index is 2.34. The Morgan fingerprint density at radius 1 is 1.43 bits per heavy atom. The van der Waals surface area contributed by atoms with Gasteiger partial charge in [-0.25, -0.2) is 4.98 Å². The lowest BCUT2D eigenvalue weighted by atomic mass is 10.0. The molecule has 0 aliphatic carbocycles. The van der Waals surface area contributed by atoms with Crippen LogP contribution in [0.5, 0.6) is 0 Å². The first-order valence-electron chi connectivity index (χ1n) is 5.10. The van der Waals surface area contributed by atoms with Crippen LogP contribution in [0, 0.1) is 5.92 Å². The van der Waals surface area contributed by atoms with Gasteiger partial charge in [-0.3, -0.25) is 4.68 Å². The molecule has 1 atom stereocenters. The van der Waals surface area contributed by atoms with E-state index in [9.17, 15) is 5.11 Å². The molecule has 0 spiro atoms. The lowest BCUT2D eigenvalue weighted by Crippen LogP contribution is -2.14. The van der Waals surface area contributed by atoms with Crippen molar-refractivity contribution < 1.29 is 5.11 Å². The molecule has 0 bridgehead atoms. The molecule has 0 saturated heterocycles. The Morgan fingerprint density at radius 3 is 2.64 bits per heavy atom. The van der Waals surface area contributed by atoms with Crippen molar-refractivity contribution in [2.24, 2.45) is 13.0 Å². The normalized spacial score (nSPS) is 13.5. The largest absolute Gasteiger partial charge is 0.393 e. The first kappa shape index (κ1) is 11.2. The first-order chi connectivity index (χ1) is 6.59. The molecule has 0 aliphatic rings. The van der Waals surface area contributed by atoms with E-state index in [0.29, 0.717) is 12.3 Å². The summed E-state index contributed by atoms with van der Waals surface area (Å²) in [5.74, 6) is 1.49. The fourth-order valence-corrected chi connectivity index (χ4v) is 1.34. The number of aromatic nitrogens is 3. The van der Waals surface area contributed by atoms with Crippen LogP contribution >= 0.6 is 0 Å². The van der Waals surface area contributed by atoms with Crippen LogP contribution in [0.4, 0.5) is 0 Å². The number of aliphatic hydroxyl groups is 1. The van der Waals surface area contributed by atoms with Crippen LogP contribution in [0.25, 0.3) is 0 Å². The molecule has 1 aromatic heterocycles. The van der Waals surface area contributed by atoms with Crippen molar-refractivity contribution in [3.8, 4) is 0 Å². The number of nitrogens with zero attached hydrogens (tertiary/aromatic N) is 3. The maximum Gasteiger partial charge on any atom is 0.138 e. The molecular formula is C10H19N3O. The summed E-state index contributed by atoms with van der Waals surface area (Å²) >= 11 is 0. The van der Waals surface area contributed by atoms with E-state index in [1.807, 2.05) is 7.05 Å². The first-order valence-corrected chi connectivity index (χ1v) is 5.10. The minimum Gasteiger partial charge on any atom is -0.393 e. The van der Waals surface area contributed by atoms with Crippen molar-refractivity contribution in [3.63, 3.8) is 0 Å². The molecule has 0 radical (unpaired) electrons. The van der Waals surface area contributed by atoms with E-state index in [1.165, 1.54) is 6.33 Å². The van der Waals surface area contributed by atoms with Gasteiger partial charge in [-0.2, -0.15) is 5.10 Å². The summed E-state index contributed by atoms with van der Waals surface area (Å²) in [4.78, 5) is 4.07. The van der Waals surface area contributed by atoms with Gasteiger partial charge in [0.2, 0.25) is 0 Å². The van der Waals surface area contributed by atoms with Crippen molar-refractivity contribution >= 4 is 0 Å². The van der Waals surface area contributed by atoms with Gasteiger partial charge in [0.1, 0.15) is 12.2 Å². The standard InChI is InChI=1S/C10H19N3O/c1-8(2)4-5-9(14)6-10-11-7-12-13(10)3/h7-9,14H,4-6H2,1-3H3. The van der Waals surface area contributed by atoms with Crippen molar-refractivity contribution in [1.29, 1.82) is 0 Å². The summed E-state index contributed by atoms with van der Waals surface area (Å²) in [6.45, 7) is 4.32. The van der Waals surface area contributed by atoms with Gasteiger partial charge in [0, 0.05) is 13.5 Å². The molecule has 0 saturated carbocycles. The molecule has 1 unspecified atom stereocenters. The highest BCUT2D eigenvalue weighted by Gasteiger charge is 2.09. The van der Waals surface area contributed by atoms with Crippen molar-refractivity contribution in [3.05, 3.63) is 12.2 Å². The quantitative estimate of drug-likeness (QED) is 0.770. The summed E-state index contributed by atoms with van der Waals surface area (Å²) in [6.07, 6.45) is 3.72. The van der Waals surface area contributed by atoms with E-state index in [4.69, 9.17) is 0 Å². The predicted molar refractivity (Wildman–Crippen MR) is 54.8 cm³/mol.